The Kier molecular flexibility index (Phi) is 4.43. The van der Waals surface area contributed by atoms with E-state index in [-0.39, 0.29) is 5.76 Å². The Morgan fingerprint density at radius 1 is 1.24 bits per heavy atom. The molecular formula is C19H17NO5. The van der Waals surface area contributed by atoms with Gasteiger partial charge in [-0.25, -0.2) is 0 Å². The lowest BCUT2D eigenvalue weighted by molar-refractivity contribution is -0.136. The second kappa shape index (κ2) is 6.68. The lowest BCUT2D eigenvalue weighted by Gasteiger charge is -2.29. The minimum atomic E-state index is -1.09. The van der Waals surface area contributed by atoms with Crippen molar-refractivity contribution in [2.24, 2.45) is 0 Å². The van der Waals surface area contributed by atoms with Crippen molar-refractivity contribution < 1.29 is 24.2 Å². The van der Waals surface area contributed by atoms with Gasteiger partial charge in [0.05, 0.1) is 12.8 Å². The molecule has 25 heavy (non-hydrogen) atoms. The highest BCUT2D eigenvalue weighted by Gasteiger charge is 2.31. The van der Waals surface area contributed by atoms with E-state index in [0.717, 1.165) is 11.1 Å². The van der Waals surface area contributed by atoms with Gasteiger partial charge in [0.15, 0.2) is 11.5 Å². The quantitative estimate of drug-likeness (QED) is 0.867. The minimum Gasteiger partial charge on any atom is -0.497 e. The number of carbonyl (C=O) groups is 2. The molecule has 0 atom stereocenters. The standard InChI is InChI=1S/C19H17NO5/c1-12-3-8-16-15(9-12)20(11-18(21)22)19(23)17(25-16)10-13-4-6-14(24-2)7-5-13/h3-10H,11H2,1-2H3,(H,21,22)/b17-10+. The zero-order chi connectivity index (χ0) is 18.0. The largest absolute Gasteiger partial charge is 0.497 e. The first kappa shape index (κ1) is 16.6. The van der Waals surface area contributed by atoms with Crippen LogP contribution in [0.15, 0.2) is 48.2 Å². The fourth-order valence-electron chi connectivity index (χ4n) is 2.56. The molecule has 2 aromatic rings. The number of aryl methyl sites for hydroxylation is 1. The van der Waals surface area contributed by atoms with Crippen molar-refractivity contribution in [1.82, 2.24) is 0 Å². The Labute approximate surface area is 144 Å². The average molecular weight is 339 g/mol. The van der Waals surface area contributed by atoms with Gasteiger partial charge in [-0.05, 0) is 48.4 Å². The van der Waals surface area contributed by atoms with E-state index >= 15 is 0 Å². The van der Waals surface area contributed by atoms with Gasteiger partial charge in [-0.3, -0.25) is 14.5 Å². The van der Waals surface area contributed by atoms with Crippen LogP contribution in [0.1, 0.15) is 11.1 Å². The van der Waals surface area contributed by atoms with Crippen LogP contribution < -0.4 is 14.4 Å². The predicted octanol–water partition coefficient (Wildman–Crippen LogP) is 2.85. The number of ether oxygens (including phenoxy) is 2. The molecule has 2 aromatic carbocycles. The number of carboxylic acid groups (broad SMARTS) is 1. The summed E-state index contributed by atoms with van der Waals surface area (Å²) in [6.45, 7) is 1.44. The molecule has 0 saturated carbocycles. The smallest absolute Gasteiger partial charge is 0.323 e. The molecule has 1 N–H and O–H groups in total. The Morgan fingerprint density at radius 3 is 2.60 bits per heavy atom. The second-order valence-corrected chi connectivity index (χ2v) is 5.64. The molecule has 0 aromatic heterocycles. The van der Waals surface area contributed by atoms with Crippen LogP contribution in [0.5, 0.6) is 11.5 Å². The molecule has 0 unspecified atom stereocenters. The van der Waals surface area contributed by atoms with Crippen molar-refractivity contribution in [3.8, 4) is 11.5 Å². The Bertz CT molecular complexity index is 855. The number of rotatable bonds is 4. The maximum atomic E-state index is 12.7. The Balaban J connectivity index is 2.01. The van der Waals surface area contributed by atoms with Crippen molar-refractivity contribution in [3.63, 3.8) is 0 Å². The maximum absolute atomic E-state index is 12.7. The Morgan fingerprint density at radius 2 is 1.96 bits per heavy atom. The molecule has 3 rings (SSSR count). The molecule has 0 aliphatic carbocycles. The molecule has 0 radical (unpaired) electrons. The highest BCUT2D eigenvalue weighted by atomic mass is 16.5. The first-order valence-corrected chi connectivity index (χ1v) is 7.66. The van der Waals surface area contributed by atoms with Gasteiger partial charge in [0, 0.05) is 0 Å². The van der Waals surface area contributed by atoms with Crippen molar-refractivity contribution in [2.45, 2.75) is 6.92 Å². The summed E-state index contributed by atoms with van der Waals surface area (Å²) < 4.78 is 10.8. The van der Waals surface area contributed by atoms with E-state index in [1.54, 1.807) is 49.6 Å². The normalized spacial score (nSPS) is 14.9. The van der Waals surface area contributed by atoms with Gasteiger partial charge in [-0.2, -0.15) is 0 Å². The van der Waals surface area contributed by atoms with Crippen molar-refractivity contribution >= 4 is 23.6 Å². The van der Waals surface area contributed by atoms with Crippen LogP contribution in [0.3, 0.4) is 0 Å². The van der Waals surface area contributed by atoms with Gasteiger partial charge in [0.2, 0.25) is 0 Å². The molecule has 0 bridgehead atoms. The summed E-state index contributed by atoms with van der Waals surface area (Å²) in [6.07, 6.45) is 1.58. The van der Waals surface area contributed by atoms with E-state index in [4.69, 9.17) is 14.6 Å². The third-order valence-electron chi connectivity index (χ3n) is 3.79. The summed E-state index contributed by atoms with van der Waals surface area (Å²) >= 11 is 0. The average Bonchev–Trinajstić information content (AvgIpc) is 2.59. The lowest BCUT2D eigenvalue weighted by Crippen LogP contribution is -2.40. The van der Waals surface area contributed by atoms with Crippen LogP contribution in [-0.4, -0.2) is 30.6 Å². The number of amides is 1. The van der Waals surface area contributed by atoms with E-state index in [9.17, 15) is 9.59 Å². The molecule has 6 nitrogen and oxygen atoms in total. The summed E-state index contributed by atoms with van der Waals surface area (Å²) in [5.41, 5.74) is 2.11. The number of carbonyl (C=O) groups excluding carboxylic acids is 1. The molecule has 1 aliphatic heterocycles. The van der Waals surface area contributed by atoms with Gasteiger partial charge >= 0.3 is 5.97 Å². The van der Waals surface area contributed by atoms with Crippen molar-refractivity contribution in [2.75, 3.05) is 18.6 Å². The topological polar surface area (TPSA) is 76.1 Å². The first-order chi connectivity index (χ1) is 12.0. The molecule has 128 valence electrons. The second-order valence-electron chi connectivity index (χ2n) is 5.64. The van der Waals surface area contributed by atoms with Gasteiger partial charge in [0.1, 0.15) is 12.3 Å². The van der Waals surface area contributed by atoms with Crippen molar-refractivity contribution in [3.05, 3.63) is 59.4 Å². The van der Waals surface area contributed by atoms with E-state index in [1.165, 1.54) is 4.90 Å². The number of nitrogens with zero attached hydrogens (tertiary/aromatic N) is 1. The number of hydrogen-bond donors (Lipinski definition) is 1. The van der Waals surface area contributed by atoms with Crippen LogP contribution in [0.4, 0.5) is 5.69 Å². The summed E-state index contributed by atoms with van der Waals surface area (Å²) in [5.74, 6) is -0.358. The SMILES string of the molecule is COc1ccc(/C=C2/Oc3ccc(C)cc3N(CC(=O)O)C2=O)cc1. The maximum Gasteiger partial charge on any atom is 0.323 e. The van der Waals surface area contributed by atoms with Crippen molar-refractivity contribution in [1.29, 1.82) is 0 Å². The number of benzene rings is 2. The van der Waals surface area contributed by atoms with E-state index in [1.807, 2.05) is 13.0 Å². The molecule has 0 spiro atoms. The summed E-state index contributed by atoms with van der Waals surface area (Å²) in [4.78, 5) is 25.1. The van der Waals surface area contributed by atoms with E-state index < -0.39 is 18.4 Å². The number of methoxy groups -OCH3 is 1. The Hall–Kier alpha value is -3.28. The van der Waals surface area contributed by atoms with Crippen LogP contribution in [0.25, 0.3) is 6.08 Å². The number of carboxylic acids is 1. The fraction of sp³-hybridized carbons (Fsp3) is 0.158. The summed E-state index contributed by atoms with van der Waals surface area (Å²) in [6, 6.07) is 12.4. The van der Waals surface area contributed by atoms with Gasteiger partial charge in [-0.15, -0.1) is 0 Å². The van der Waals surface area contributed by atoms with Crippen LogP contribution in [0.2, 0.25) is 0 Å². The summed E-state index contributed by atoms with van der Waals surface area (Å²) in [5, 5.41) is 9.14. The third kappa shape index (κ3) is 3.47. The molecule has 1 aliphatic rings. The monoisotopic (exact) mass is 339 g/mol. The number of hydrogen-bond acceptors (Lipinski definition) is 4. The first-order valence-electron chi connectivity index (χ1n) is 7.66. The number of anilines is 1. The zero-order valence-electron chi connectivity index (χ0n) is 13.9. The van der Waals surface area contributed by atoms with E-state index in [0.29, 0.717) is 17.2 Å². The highest BCUT2D eigenvalue weighted by Crippen LogP contribution is 2.36. The molecule has 1 heterocycles. The van der Waals surface area contributed by atoms with E-state index in [2.05, 4.69) is 0 Å². The number of fused-ring (bicyclic) bond motifs is 1. The molecule has 0 saturated heterocycles. The molecule has 0 fully saturated rings. The molecule has 1 amide bonds. The van der Waals surface area contributed by atoms with Gasteiger partial charge < -0.3 is 14.6 Å². The highest BCUT2D eigenvalue weighted by molar-refractivity contribution is 6.11. The zero-order valence-corrected chi connectivity index (χ0v) is 13.9. The van der Waals surface area contributed by atoms with Gasteiger partial charge in [0.25, 0.3) is 5.91 Å². The molecular weight excluding hydrogens is 322 g/mol. The van der Waals surface area contributed by atoms with Gasteiger partial charge in [-0.1, -0.05) is 18.2 Å². The lowest BCUT2D eigenvalue weighted by atomic mass is 10.1. The number of aliphatic carboxylic acids is 1. The molecule has 6 heteroatoms. The predicted molar refractivity (Wildman–Crippen MR) is 92.8 cm³/mol. The van der Waals surface area contributed by atoms with Crippen LogP contribution in [-0.2, 0) is 9.59 Å². The fourth-order valence-corrected chi connectivity index (χ4v) is 2.56. The van der Waals surface area contributed by atoms with Crippen LogP contribution in [0, 0.1) is 6.92 Å². The minimum absolute atomic E-state index is 0.0720. The third-order valence-corrected chi connectivity index (χ3v) is 3.79. The summed E-state index contributed by atoms with van der Waals surface area (Å²) in [7, 11) is 1.57. The van der Waals surface area contributed by atoms with Crippen LogP contribution >= 0.6 is 0 Å².